The molecule has 0 spiro atoms. The summed E-state index contributed by atoms with van der Waals surface area (Å²) < 4.78 is 5.73. The summed E-state index contributed by atoms with van der Waals surface area (Å²) in [5.74, 6) is 1.50. The Morgan fingerprint density at radius 2 is 1.40 bits per heavy atom. The van der Waals surface area contributed by atoms with E-state index in [0.717, 1.165) is 23.7 Å². The van der Waals surface area contributed by atoms with Crippen LogP contribution in [0.4, 0.5) is 5.69 Å². The molecule has 0 heterocycles. The van der Waals surface area contributed by atoms with Gasteiger partial charge in [-0.3, -0.25) is 4.79 Å². The molecule has 25 heavy (non-hydrogen) atoms. The molecule has 0 aliphatic heterocycles. The van der Waals surface area contributed by atoms with Crippen LogP contribution in [0.1, 0.15) is 5.56 Å². The lowest BCUT2D eigenvalue weighted by molar-refractivity contribution is -0.659. The summed E-state index contributed by atoms with van der Waals surface area (Å²) in [4.78, 5) is 12.0. The van der Waals surface area contributed by atoms with Gasteiger partial charge in [0.15, 0.2) is 6.54 Å². The number of carbonyl (C=O) groups is 1. The van der Waals surface area contributed by atoms with Crippen LogP contribution in [0.5, 0.6) is 11.5 Å². The molecule has 0 aliphatic carbocycles. The third-order valence-electron chi connectivity index (χ3n) is 3.67. The number of benzene rings is 3. The van der Waals surface area contributed by atoms with Crippen LogP contribution in [-0.4, -0.2) is 12.5 Å². The molecule has 0 bridgehead atoms. The molecule has 1 amide bonds. The van der Waals surface area contributed by atoms with E-state index < -0.39 is 0 Å². The molecule has 0 aromatic heterocycles. The van der Waals surface area contributed by atoms with Crippen molar-refractivity contribution in [1.29, 1.82) is 0 Å². The van der Waals surface area contributed by atoms with Gasteiger partial charge in [0.05, 0.1) is 0 Å². The molecule has 126 valence electrons. The van der Waals surface area contributed by atoms with E-state index in [-0.39, 0.29) is 5.91 Å². The summed E-state index contributed by atoms with van der Waals surface area (Å²) in [6.45, 7) is 1.18. The Morgan fingerprint density at radius 3 is 2.08 bits per heavy atom. The van der Waals surface area contributed by atoms with Gasteiger partial charge >= 0.3 is 0 Å². The molecule has 4 nitrogen and oxygen atoms in total. The molecule has 0 radical (unpaired) electrons. The second-order valence-corrected chi connectivity index (χ2v) is 5.67. The van der Waals surface area contributed by atoms with Crippen molar-refractivity contribution in [3.05, 3.63) is 90.5 Å². The van der Waals surface area contributed by atoms with E-state index in [1.54, 1.807) is 0 Å². The first-order chi connectivity index (χ1) is 12.3. The van der Waals surface area contributed by atoms with Crippen LogP contribution in [0.25, 0.3) is 0 Å². The van der Waals surface area contributed by atoms with Crippen LogP contribution in [-0.2, 0) is 11.3 Å². The number of anilines is 1. The molecular formula is C21H21N2O2+. The standard InChI is InChI=1S/C21H20N2O2/c24-21(16-22-15-17-7-3-1-4-8-17)23-18-11-13-20(14-12-18)25-19-9-5-2-6-10-19/h1-14,22H,15-16H2,(H,23,24)/p+1. The minimum absolute atomic E-state index is 0.0207. The largest absolute Gasteiger partial charge is 0.457 e. The highest BCUT2D eigenvalue weighted by Gasteiger charge is 2.05. The fourth-order valence-electron chi connectivity index (χ4n) is 2.43. The average molecular weight is 333 g/mol. The number of nitrogens with one attached hydrogen (secondary N) is 1. The smallest absolute Gasteiger partial charge is 0.279 e. The lowest BCUT2D eigenvalue weighted by Crippen LogP contribution is -2.84. The first kappa shape index (κ1) is 16.7. The van der Waals surface area contributed by atoms with E-state index >= 15 is 0 Å². The quantitative estimate of drug-likeness (QED) is 0.698. The predicted octanol–water partition coefficient (Wildman–Crippen LogP) is 3.18. The number of nitrogens with two attached hydrogens (primary N) is 1. The number of carbonyl (C=O) groups excluding carboxylic acids is 1. The predicted molar refractivity (Wildman–Crippen MR) is 98.5 cm³/mol. The molecule has 3 rings (SSSR count). The highest BCUT2D eigenvalue weighted by Crippen LogP contribution is 2.22. The second-order valence-electron chi connectivity index (χ2n) is 5.67. The molecule has 0 atom stereocenters. The summed E-state index contributed by atoms with van der Waals surface area (Å²) >= 11 is 0. The van der Waals surface area contributed by atoms with Gasteiger partial charge in [0.2, 0.25) is 0 Å². The van der Waals surface area contributed by atoms with Gasteiger partial charge < -0.3 is 15.4 Å². The minimum Gasteiger partial charge on any atom is -0.457 e. The number of rotatable bonds is 7. The van der Waals surface area contributed by atoms with Gasteiger partial charge in [-0.1, -0.05) is 48.5 Å². The van der Waals surface area contributed by atoms with Crippen molar-refractivity contribution in [3.63, 3.8) is 0 Å². The van der Waals surface area contributed by atoms with E-state index in [1.165, 1.54) is 5.56 Å². The van der Waals surface area contributed by atoms with Crippen molar-refractivity contribution in [2.75, 3.05) is 11.9 Å². The average Bonchev–Trinajstić information content (AvgIpc) is 2.65. The maximum atomic E-state index is 12.0. The highest BCUT2D eigenvalue weighted by atomic mass is 16.5. The number of para-hydroxylation sites is 1. The minimum atomic E-state index is -0.0207. The molecule has 3 aromatic rings. The summed E-state index contributed by atoms with van der Waals surface area (Å²) in [6.07, 6.45) is 0. The molecule has 0 saturated heterocycles. The van der Waals surface area contributed by atoms with E-state index in [4.69, 9.17) is 4.74 Å². The number of quaternary nitrogens is 1. The number of amides is 1. The molecule has 0 saturated carbocycles. The van der Waals surface area contributed by atoms with Crippen molar-refractivity contribution >= 4 is 11.6 Å². The van der Waals surface area contributed by atoms with Gasteiger partial charge in [0.1, 0.15) is 18.0 Å². The van der Waals surface area contributed by atoms with Gasteiger partial charge in [-0.15, -0.1) is 0 Å². The summed E-state index contributed by atoms with van der Waals surface area (Å²) in [7, 11) is 0. The zero-order valence-electron chi connectivity index (χ0n) is 13.9. The normalized spacial score (nSPS) is 10.2. The van der Waals surface area contributed by atoms with Crippen molar-refractivity contribution in [1.82, 2.24) is 0 Å². The second kappa shape index (κ2) is 8.66. The molecule has 0 aliphatic rings. The molecule has 0 unspecified atom stereocenters. The van der Waals surface area contributed by atoms with E-state index in [9.17, 15) is 4.79 Å². The van der Waals surface area contributed by atoms with Gasteiger partial charge in [-0.05, 0) is 36.4 Å². The summed E-state index contributed by atoms with van der Waals surface area (Å²) in [5.41, 5.74) is 1.97. The summed E-state index contributed by atoms with van der Waals surface area (Å²) in [6, 6.07) is 27.1. The molecule has 3 aromatic carbocycles. The van der Waals surface area contributed by atoms with E-state index in [0.29, 0.717) is 6.54 Å². The lowest BCUT2D eigenvalue weighted by Gasteiger charge is -2.08. The Morgan fingerprint density at radius 1 is 0.800 bits per heavy atom. The van der Waals surface area contributed by atoms with Gasteiger partial charge in [-0.2, -0.15) is 0 Å². The highest BCUT2D eigenvalue weighted by molar-refractivity contribution is 5.91. The maximum absolute atomic E-state index is 12.0. The van der Waals surface area contributed by atoms with Crippen molar-refractivity contribution in [2.24, 2.45) is 0 Å². The Kier molecular flexibility index (Phi) is 5.80. The number of ether oxygens (including phenoxy) is 1. The maximum Gasteiger partial charge on any atom is 0.279 e. The Hall–Kier alpha value is -3.11. The molecule has 4 heteroatoms. The Bertz CT molecular complexity index is 787. The zero-order chi connectivity index (χ0) is 17.3. The van der Waals surface area contributed by atoms with Gasteiger partial charge in [0, 0.05) is 11.3 Å². The monoisotopic (exact) mass is 333 g/mol. The first-order valence-electron chi connectivity index (χ1n) is 8.28. The SMILES string of the molecule is O=C(C[NH2+]Cc1ccccc1)Nc1ccc(Oc2ccccc2)cc1. The number of hydrogen-bond acceptors (Lipinski definition) is 2. The third-order valence-corrected chi connectivity index (χ3v) is 3.67. The van der Waals surface area contributed by atoms with E-state index in [1.807, 2.05) is 78.1 Å². The summed E-state index contributed by atoms with van der Waals surface area (Å²) in [5, 5.41) is 4.88. The van der Waals surface area contributed by atoms with Crippen LogP contribution >= 0.6 is 0 Å². The fourth-order valence-corrected chi connectivity index (χ4v) is 2.43. The Labute approximate surface area is 147 Å². The first-order valence-corrected chi connectivity index (χ1v) is 8.28. The van der Waals surface area contributed by atoms with Crippen LogP contribution < -0.4 is 15.4 Å². The number of hydrogen-bond donors (Lipinski definition) is 2. The van der Waals surface area contributed by atoms with Crippen LogP contribution in [0.15, 0.2) is 84.9 Å². The van der Waals surface area contributed by atoms with Crippen LogP contribution in [0, 0.1) is 0 Å². The fraction of sp³-hybridized carbons (Fsp3) is 0.0952. The lowest BCUT2D eigenvalue weighted by atomic mass is 10.2. The zero-order valence-corrected chi connectivity index (χ0v) is 13.9. The van der Waals surface area contributed by atoms with E-state index in [2.05, 4.69) is 17.4 Å². The molecule has 3 N–H and O–H groups in total. The Balaban J connectivity index is 1.45. The van der Waals surface area contributed by atoms with Crippen molar-refractivity contribution in [3.8, 4) is 11.5 Å². The van der Waals surface area contributed by atoms with Crippen LogP contribution in [0.2, 0.25) is 0 Å². The third kappa shape index (κ3) is 5.48. The van der Waals surface area contributed by atoms with Crippen molar-refractivity contribution in [2.45, 2.75) is 6.54 Å². The molecule has 0 fully saturated rings. The molecular weight excluding hydrogens is 312 g/mol. The van der Waals surface area contributed by atoms with Crippen molar-refractivity contribution < 1.29 is 14.8 Å². The van der Waals surface area contributed by atoms with Crippen LogP contribution in [0.3, 0.4) is 0 Å². The van der Waals surface area contributed by atoms with Gasteiger partial charge in [0.25, 0.3) is 5.91 Å². The topological polar surface area (TPSA) is 54.9 Å². The van der Waals surface area contributed by atoms with Gasteiger partial charge in [-0.25, -0.2) is 0 Å².